The van der Waals surface area contributed by atoms with E-state index in [-0.39, 0.29) is 11.9 Å². The number of fused-ring (bicyclic) bond motifs is 1. The van der Waals surface area contributed by atoms with E-state index in [4.69, 9.17) is 4.74 Å². The molecule has 1 amide bonds. The number of esters is 1. The van der Waals surface area contributed by atoms with Crippen molar-refractivity contribution in [1.29, 1.82) is 0 Å². The number of hydrogen-bond acceptors (Lipinski definition) is 8. The van der Waals surface area contributed by atoms with E-state index >= 15 is 0 Å². The van der Waals surface area contributed by atoms with Crippen LogP contribution in [0.4, 0.5) is 0 Å². The summed E-state index contributed by atoms with van der Waals surface area (Å²) in [6.07, 6.45) is 4.90. The van der Waals surface area contributed by atoms with Gasteiger partial charge in [0.25, 0.3) is 0 Å². The maximum Gasteiger partial charge on any atom is 0.338 e. The summed E-state index contributed by atoms with van der Waals surface area (Å²) in [6.45, 7) is 4.52. The SMILES string of the molecule is CSc1c(CCN2CCN(C(=O)Cc3ccc(-n4cnnn4)cc3)CC2)ccc2c1COC2=O. The monoisotopic (exact) mass is 478 g/mol. The van der Waals surface area contributed by atoms with E-state index in [1.54, 1.807) is 22.8 Å². The van der Waals surface area contributed by atoms with Crippen molar-refractivity contribution in [2.75, 3.05) is 39.0 Å². The number of carbonyl (C=O) groups is 2. The minimum absolute atomic E-state index is 0.155. The van der Waals surface area contributed by atoms with Gasteiger partial charge in [-0.3, -0.25) is 9.69 Å². The van der Waals surface area contributed by atoms with E-state index in [0.717, 1.165) is 56.0 Å². The van der Waals surface area contributed by atoms with E-state index < -0.39 is 0 Å². The van der Waals surface area contributed by atoms with Gasteiger partial charge in [0.2, 0.25) is 5.91 Å². The first-order valence-electron chi connectivity index (χ1n) is 11.3. The zero-order chi connectivity index (χ0) is 23.5. The summed E-state index contributed by atoms with van der Waals surface area (Å²) in [4.78, 5) is 30.2. The van der Waals surface area contributed by atoms with Crippen molar-refractivity contribution in [2.45, 2.75) is 24.3 Å². The van der Waals surface area contributed by atoms with Crippen molar-refractivity contribution in [3.63, 3.8) is 0 Å². The number of benzene rings is 2. The fourth-order valence-electron chi connectivity index (χ4n) is 4.51. The van der Waals surface area contributed by atoms with Crippen LogP contribution < -0.4 is 0 Å². The molecule has 0 atom stereocenters. The third-order valence-electron chi connectivity index (χ3n) is 6.44. The number of carbonyl (C=O) groups excluding carboxylic acids is 2. The molecule has 0 spiro atoms. The molecule has 1 aromatic heterocycles. The Balaban J connectivity index is 1.11. The van der Waals surface area contributed by atoms with Crippen molar-refractivity contribution >= 4 is 23.6 Å². The van der Waals surface area contributed by atoms with Crippen molar-refractivity contribution in [3.8, 4) is 5.69 Å². The summed E-state index contributed by atoms with van der Waals surface area (Å²) in [5.41, 5.74) is 4.82. The lowest BCUT2D eigenvalue weighted by molar-refractivity contribution is -0.132. The molecule has 0 bridgehead atoms. The van der Waals surface area contributed by atoms with Gasteiger partial charge in [0.15, 0.2) is 0 Å². The zero-order valence-corrected chi connectivity index (χ0v) is 19.8. The predicted molar refractivity (Wildman–Crippen MR) is 127 cm³/mol. The average molecular weight is 479 g/mol. The molecule has 2 aliphatic heterocycles. The normalized spacial score (nSPS) is 15.9. The van der Waals surface area contributed by atoms with Crippen LogP contribution in [0.5, 0.6) is 0 Å². The highest BCUT2D eigenvalue weighted by Crippen LogP contribution is 2.33. The molecular weight excluding hydrogens is 452 g/mol. The maximum atomic E-state index is 12.8. The van der Waals surface area contributed by atoms with Crippen LogP contribution in [0.15, 0.2) is 47.6 Å². The van der Waals surface area contributed by atoms with Crippen molar-refractivity contribution in [2.24, 2.45) is 0 Å². The quantitative estimate of drug-likeness (QED) is 0.376. The minimum atomic E-state index is -0.221. The lowest BCUT2D eigenvalue weighted by Gasteiger charge is -2.35. The summed E-state index contributed by atoms with van der Waals surface area (Å²) in [7, 11) is 0. The van der Waals surface area contributed by atoms with E-state index in [9.17, 15) is 9.59 Å². The third-order valence-corrected chi connectivity index (χ3v) is 7.36. The largest absolute Gasteiger partial charge is 0.457 e. The fourth-order valence-corrected chi connectivity index (χ4v) is 5.36. The Labute approximate surface area is 202 Å². The van der Waals surface area contributed by atoms with E-state index in [1.807, 2.05) is 41.5 Å². The zero-order valence-electron chi connectivity index (χ0n) is 19.0. The van der Waals surface area contributed by atoms with Crippen LogP contribution in [-0.2, 0) is 29.0 Å². The molecule has 9 nitrogen and oxygen atoms in total. The number of tetrazole rings is 1. The van der Waals surface area contributed by atoms with Crippen LogP contribution in [0.25, 0.3) is 5.69 Å². The predicted octanol–water partition coefficient (Wildman–Crippen LogP) is 1.98. The van der Waals surface area contributed by atoms with Crippen LogP contribution >= 0.6 is 11.8 Å². The number of thioether (sulfide) groups is 1. The van der Waals surface area contributed by atoms with E-state index in [1.165, 1.54) is 10.5 Å². The average Bonchev–Trinajstić information content (AvgIpc) is 3.54. The van der Waals surface area contributed by atoms with Gasteiger partial charge in [0.1, 0.15) is 12.9 Å². The summed E-state index contributed by atoms with van der Waals surface area (Å²) in [5.74, 6) is -0.0659. The van der Waals surface area contributed by atoms with Gasteiger partial charge in [-0.25, -0.2) is 9.48 Å². The molecule has 0 unspecified atom stereocenters. The fraction of sp³-hybridized carbons (Fsp3) is 0.375. The molecule has 176 valence electrons. The highest BCUT2D eigenvalue weighted by molar-refractivity contribution is 7.98. The van der Waals surface area contributed by atoms with Gasteiger partial charge in [-0.15, -0.1) is 16.9 Å². The summed E-state index contributed by atoms with van der Waals surface area (Å²) < 4.78 is 6.79. The Morgan fingerprint density at radius 3 is 2.59 bits per heavy atom. The van der Waals surface area contributed by atoms with Crippen molar-refractivity contribution in [1.82, 2.24) is 30.0 Å². The molecule has 3 heterocycles. The van der Waals surface area contributed by atoms with Gasteiger partial charge in [-0.1, -0.05) is 18.2 Å². The molecule has 0 saturated carbocycles. The Kier molecular flexibility index (Phi) is 6.59. The molecule has 1 fully saturated rings. The Morgan fingerprint density at radius 1 is 1.09 bits per heavy atom. The Bertz CT molecular complexity index is 1170. The molecule has 2 aromatic carbocycles. The highest BCUT2D eigenvalue weighted by atomic mass is 32.2. The number of ether oxygens (including phenoxy) is 1. The summed E-state index contributed by atoms with van der Waals surface area (Å²) in [5, 5.41) is 11.2. The standard InChI is InChI=1S/C24H26N6O3S/c1-34-23-18(4-7-20-21(23)15-33-24(20)32)8-9-28-10-12-29(13-11-28)22(31)14-17-2-5-19(6-3-17)30-16-25-26-27-30/h2-7,16H,8-15H2,1H3. The third kappa shape index (κ3) is 4.69. The first kappa shape index (κ1) is 22.5. The van der Waals surface area contributed by atoms with Gasteiger partial charge >= 0.3 is 5.97 Å². The molecule has 10 heteroatoms. The second-order valence-electron chi connectivity index (χ2n) is 8.43. The molecule has 0 aliphatic carbocycles. The van der Waals surface area contributed by atoms with Gasteiger partial charge in [0.05, 0.1) is 17.7 Å². The summed E-state index contributed by atoms with van der Waals surface area (Å²) >= 11 is 1.68. The van der Waals surface area contributed by atoms with E-state index in [0.29, 0.717) is 18.6 Å². The second-order valence-corrected chi connectivity index (χ2v) is 9.25. The highest BCUT2D eigenvalue weighted by Gasteiger charge is 2.26. The number of nitrogens with zero attached hydrogens (tertiary/aromatic N) is 6. The number of piperazine rings is 1. The van der Waals surface area contributed by atoms with Crippen LogP contribution in [0.2, 0.25) is 0 Å². The number of hydrogen-bond donors (Lipinski definition) is 0. The van der Waals surface area contributed by atoms with Gasteiger partial charge in [0, 0.05) is 43.2 Å². The topological polar surface area (TPSA) is 93.5 Å². The molecule has 3 aromatic rings. The molecule has 5 rings (SSSR count). The molecule has 0 N–H and O–H groups in total. The molecular formula is C24H26N6O3S. The van der Waals surface area contributed by atoms with Gasteiger partial charge < -0.3 is 9.64 Å². The molecule has 2 aliphatic rings. The van der Waals surface area contributed by atoms with E-state index in [2.05, 4.69) is 26.5 Å². The van der Waals surface area contributed by atoms with Gasteiger partial charge in [-0.05, 0) is 52.4 Å². The molecule has 0 radical (unpaired) electrons. The minimum Gasteiger partial charge on any atom is -0.457 e. The van der Waals surface area contributed by atoms with Crippen molar-refractivity contribution in [3.05, 3.63) is 65.0 Å². The van der Waals surface area contributed by atoms with Crippen molar-refractivity contribution < 1.29 is 14.3 Å². The Morgan fingerprint density at radius 2 is 1.88 bits per heavy atom. The first-order valence-corrected chi connectivity index (χ1v) is 12.5. The lowest BCUT2D eigenvalue weighted by atomic mass is 10.0. The van der Waals surface area contributed by atoms with Crippen LogP contribution in [0, 0.1) is 0 Å². The molecule has 34 heavy (non-hydrogen) atoms. The number of cyclic esters (lactones) is 1. The van der Waals surface area contributed by atoms with Gasteiger partial charge in [-0.2, -0.15) is 0 Å². The number of aromatic nitrogens is 4. The molecule has 1 saturated heterocycles. The number of amides is 1. The van der Waals surface area contributed by atoms with Crippen LogP contribution in [-0.4, -0.2) is 80.9 Å². The summed E-state index contributed by atoms with van der Waals surface area (Å²) in [6, 6.07) is 11.7. The Hall–Kier alpha value is -3.24. The maximum absolute atomic E-state index is 12.8. The lowest BCUT2D eigenvalue weighted by Crippen LogP contribution is -2.49. The first-order chi connectivity index (χ1) is 16.6. The smallest absolute Gasteiger partial charge is 0.338 e. The number of rotatable bonds is 7. The second kappa shape index (κ2) is 9.94. The van der Waals surface area contributed by atoms with Crippen LogP contribution in [0.1, 0.15) is 27.0 Å². The van der Waals surface area contributed by atoms with Crippen LogP contribution in [0.3, 0.4) is 0 Å².